The van der Waals surface area contributed by atoms with Crippen molar-refractivity contribution in [3.8, 4) is 0 Å². The molecule has 0 saturated heterocycles. The highest BCUT2D eigenvalue weighted by atomic mass is 32.1. The van der Waals surface area contributed by atoms with Crippen LogP contribution in [0.4, 0.5) is 8.78 Å². The van der Waals surface area contributed by atoms with Crippen LogP contribution >= 0.6 is 12.6 Å². The third-order valence-electron chi connectivity index (χ3n) is 1.38. The van der Waals surface area contributed by atoms with E-state index in [0.717, 1.165) is 0 Å². The highest BCUT2D eigenvalue weighted by molar-refractivity contribution is 7.80. The van der Waals surface area contributed by atoms with Crippen LogP contribution < -0.4 is 0 Å². The van der Waals surface area contributed by atoms with Crippen LogP contribution in [0.25, 0.3) is 0 Å². The molecule has 0 aliphatic heterocycles. The summed E-state index contributed by atoms with van der Waals surface area (Å²) in [4.78, 5) is 0. The van der Waals surface area contributed by atoms with Gasteiger partial charge in [0.15, 0.2) is 0 Å². The first-order valence-corrected chi connectivity index (χ1v) is 3.74. The lowest BCUT2D eigenvalue weighted by molar-refractivity contribution is 0.146. The van der Waals surface area contributed by atoms with Crippen LogP contribution in [0, 0.1) is 0 Å². The zero-order valence-corrected chi connectivity index (χ0v) is 6.64. The summed E-state index contributed by atoms with van der Waals surface area (Å²) in [6.07, 6.45) is -2.40. The van der Waals surface area contributed by atoms with Crippen molar-refractivity contribution < 1.29 is 8.78 Å². The maximum Gasteiger partial charge on any atom is 0.254 e. The molecule has 1 rings (SSSR count). The molecule has 0 amide bonds. The van der Waals surface area contributed by atoms with E-state index >= 15 is 0 Å². The van der Waals surface area contributed by atoms with Crippen molar-refractivity contribution in [2.75, 3.05) is 0 Å². The second kappa shape index (κ2) is 3.72. The van der Waals surface area contributed by atoms with Gasteiger partial charge < -0.3 is 0 Å². The fourth-order valence-electron chi connectivity index (χ4n) is 0.796. The summed E-state index contributed by atoms with van der Waals surface area (Å²) < 4.78 is 24.1. The van der Waals surface area contributed by atoms with Crippen LogP contribution in [0.5, 0.6) is 0 Å². The second-order valence-electron chi connectivity index (χ2n) is 2.19. The van der Waals surface area contributed by atoms with Crippen LogP contribution in [0.2, 0.25) is 0 Å². The van der Waals surface area contributed by atoms with Gasteiger partial charge in [0, 0.05) is 0 Å². The Kier molecular flexibility index (Phi) is 2.88. The minimum atomic E-state index is -2.40. The van der Waals surface area contributed by atoms with E-state index in [-0.39, 0.29) is 0 Å². The Labute approximate surface area is 69.6 Å². The Hall–Kier alpha value is -0.570. The molecule has 0 aliphatic carbocycles. The first-order chi connectivity index (χ1) is 5.22. The van der Waals surface area contributed by atoms with Gasteiger partial charge in [-0.3, -0.25) is 0 Å². The van der Waals surface area contributed by atoms with Crippen molar-refractivity contribution in [2.45, 2.75) is 11.7 Å². The van der Waals surface area contributed by atoms with Crippen LogP contribution in [0.1, 0.15) is 10.8 Å². The Morgan fingerprint density at radius 2 is 1.64 bits per heavy atom. The van der Waals surface area contributed by atoms with E-state index in [0.29, 0.717) is 5.56 Å². The monoisotopic (exact) mass is 174 g/mol. The molecule has 0 N–H and O–H groups in total. The molecule has 0 radical (unpaired) electrons. The zero-order valence-electron chi connectivity index (χ0n) is 5.74. The zero-order chi connectivity index (χ0) is 8.27. The maximum absolute atomic E-state index is 12.0. The number of halogens is 2. The molecule has 11 heavy (non-hydrogen) atoms. The molecule has 60 valence electrons. The third-order valence-corrected chi connectivity index (χ3v) is 1.90. The molecular weight excluding hydrogens is 166 g/mol. The molecular formula is C8H8F2S. The van der Waals surface area contributed by atoms with Crippen molar-refractivity contribution in [1.29, 1.82) is 0 Å². The van der Waals surface area contributed by atoms with Gasteiger partial charge in [-0.15, -0.1) is 0 Å². The average Bonchev–Trinajstić information content (AvgIpc) is 2.05. The lowest BCUT2D eigenvalue weighted by atomic mass is 10.1. The normalized spacial score (nSPS) is 13.5. The topological polar surface area (TPSA) is 0 Å². The van der Waals surface area contributed by atoms with E-state index < -0.39 is 11.7 Å². The molecule has 1 atom stereocenters. The highest BCUT2D eigenvalue weighted by Gasteiger charge is 2.16. The maximum atomic E-state index is 12.0. The average molecular weight is 174 g/mol. The van der Waals surface area contributed by atoms with Crippen LogP contribution in [-0.2, 0) is 0 Å². The molecule has 0 nitrogen and oxygen atoms in total. The highest BCUT2D eigenvalue weighted by Crippen LogP contribution is 2.25. The molecule has 0 bridgehead atoms. The van der Waals surface area contributed by atoms with E-state index in [2.05, 4.69) is 12.6 Å². The van der Waals surface area contributed by atoms with Crippen molar-refractivity contribution in [1.82, 2.24) is 0 Å². The number of thiol groups is 1. The summed E-state index contributed by atoms with van der Waals surface area (Å²) in [7, 11) is 0. The van der Waals surface area contributed by atoms with Gasteiger partial charge in [0.05, 0.1) is 5.25 Å². The van der Waals surface area contributed by atoms with E-state index in [1.54, 1.807) is 30.3 Å². The number of rotatable bonds is 2. The van der Waals surface area contributed by atoms with E-state index in [1.807, 2.05) is 0 Å². The fourth-order valence-corrected chi connectivity index (χ4v) is 0.968. The molecule has 0 spiro atoms. The van der Waals surface area contributed by atoms with Crippen molar-refractivity contribution in [3.05, 3.63) is 35.9 Å². The molecule has 0 saturated carbocycles. The van der Waals surface area contributed by atoms with Gasteiger partial charge >= 0.3 is 0 Å². The minimum absolute atomic E-state index is 0.561. The molecule has 0 fully saturated rings. The number of hydrogen-bond acceptors (Lipinski definition) is 1. The fraction of sp³-hybridized carbons (Fsp3) is 0.250. The molecule has 1 aromatic carbocycles. The third kappa shape index (κ3) is 2.19. The molecule has 3 heteroatoms. The van der Waals surface area contributed by atoms with Crippen LogP contribution in [0.3, 0.4) is 0 Å². The number of alkyl halides is 2. The summed E-state index contributed by atoms with van der Waals surface area (Å²) in [6.45, 7) is 0. The van der Waals surface area contributed by atoms with Gasteiger partial charge in [0.2, 0.25) is 0 Å². The standard InChI is InChI=1S/C8H8F2S/c9-8(10)7(11)6-4-2-1-3-5-6/h1-5,7-8,11H. The summed E-state index contributed by atoms with van der Waals surface area (Å²) in [5.41, 5.74) is 0.561. The minimum Gasteiger partial charge on any atom is -0.209 e. The number of hydrogen-bond donors (Lipinski definition) is 1. The second-order valence-corrected chi connectivity index (χ2v) is 2.75. The van der Waals surface area contributed by atoms with Gasteiger partial charge in [-0.25, -0.2) is 8.78 Å². The Morgan fingerprint density at radius 1 is 1.09 bits per heavy atom. The van der Waals surface area contributed by atoms with Gasteiger partial charge in [0.25, 0.3) is 6.43 Å². The van der Waals surface area contributed by atoms with E-state index in [4.69, 9.17) is 0 Å². The first-order valence-electron chi connectivity index (χ1n) is 3.23. The predicted molar refractivity (Wildman–Crippen MR) is 44.2 cm³/mol. The molecule has 0 aliphatic rings. The van der Waals surface area contributed by atoms with Crippen molar-refractivity contribution in [3.63, 3.8) is 0 Å². The van der Waals surface area contributed by atoms with Gasteiger partial charge in [-0.1, -0.05) is 30.3 Å². The SMILES string of the molecule is FC(F)C(S)c1ccccc1. The first kappa shape index (κ1) is 8.53. The Bertz CT molecular complexity index is 211. The van der Waals surface area contributed by atoms with Crippen molar-refractivity contribution >= 4 is 12.6 Å². The largest absolute Gasteiger partial charge is 0.254 e. The summed E-state index contributed by atoms with van der Waals surface area (Å²) in [6, 6.07) is 8.52. The van der Waals surface area contributed by atoms with E-state index in [9.17, 15) is 8.78 Å². The molecule has 1 unspecified atom stereocenters. The molecule has 1 aromatic rings. The predicted octanol–water partition coefficient (Wildman–Crippen LogP) is 2.92. The summed E-state index contributed by atoms with van der Waals surface area (Å²) >= 11 is 3.76. The number of benzene rings is 1. The Morgan fingerprint density at radius 3 is 2.09 bits per heavy atom. The molecule has 0 aromatic heterocycles. The van der Waals surface area contributed by atoms with Gasteiger partial charge in [0.1, 0.15) is 0 Å². The lowest BCUT2D eigenvalue weighted by Crippen LogP contribution is -2.01. The Balaban J connectivity index is 2.77. The lowest BCUT2D eigenvalue weighted by Gasteiger charge is -2.08. The van der Waals surface area contributed by atoms with E-state index in [1.165, 1.54) is 0 Å². The molecule has 0 heterocycles. The van der Waals surface area contributed by atoms with Gasteiger partial charge in [-0.05, 0) is 5.56 Å². The quantitative estimate of drug-likeness (QED) is 0.655. The summed E-state index contributed by atoms with van der Waals surface area (Å²) in [5, 5.41) is -0.962. The summed E-state index contributed by atoms with van der Waals surface area (Å²) in [5.74, 6) is 0. The van der Waals surface area contributed by atoms with Crippen molar-refractivity contribution in [2.24, 2.45) is 0 Å². The van der Waals surface area contributed by atoms with Gasteiger partial charge in [-0.2, -0.15) is 12.6 Å². The van der Waals surface area contributed by atoms with Crippen LogP contribution in [-0.4, -0.2) is 6.43 Å². The van der Waals surface area contributed by atoms with Crippen LogP contribution in [0.15, 0.2) is 30.3 Å². The smallest absolute Gasteiger partial charge is 0.209 e.